The number of carbonyl (C=O) groups is 1. The molecule has 0 fully saturated rings. The number of aryl methyl sites for hydroxylation is 2. The van der Waals surface area contributed by atoms with E-state index >= 15 is 0 Å². The monoisotopic (exact) mass is 273 g/mol. The van der Waals surface area contributed by atoms with E-state index in [0.717, 1.165) is 28.3 Å². The van der Waals surface area contributed by atoms with Crippen LogP contribution >= 0.6 is 0 Å². The van der Waals surface area contributed by atoms with E-state index in [4.69, 9.17) is 0 Å². The van der Waals surface area contributed by atoms with Crippen LogP contribution < -0.4 is 5.32 Å². The van der Waals surface area contributed by atoms with Crippen LogP contribution in [-0.4, -0.2) is 25.7 Å². The Morgan fingerprint density at radius 2 is 1.95 bits per heavy atom. The molecule has 2 aromatic heterocycles. The molecule has 20 heavy (non-hydrogen) atoms. The lowest BCUT2D eigenvalue weighted by atomic mass is 10.2. The Kier molecular flexibility index (Phi) is 4.12. The van der Waals surface area contributed by atoms with Crippen LogP contribution in [0.25, 0.3) is 0 Å². The van der Waals surface area contributed by atoms with Crippen molar-refractivity contribution in [1.82, 2.24) is 25.1 Å². The average molecular weight is 273 g/mol. The number of hydrogen-bond donors (Lipinski definition) is 1. The predicted octanol–water partition coefficient (Wildman–Crippen LogP) is 1.22. The van der Waals surface area contributed by atoms with Crippen molar-refractivity contribution in [3.05, 3.63) is 40.7 Å². The number of amides is 1. The minimum Gasteiger partial charge on any atom is -0.349 e. The van der Waals surface area contributed by atoms with Gasteiger partial charge in [-0.05, 0) is 33.3 Å². The van der Waals surface area contributed by atoms with Gasteiger partial charge in [0.05, 0.1) is 29.8 Å². The van der Waals surface area contributed by atoms with Crippen LogP contribution in [0.1, 0.15) is 28.3 Å². The van der Waals surface area contributed by atoms with Crippen LogP contribution in [0, 0.1) is 27.7 Å². The average Bonchev–Trinajstić information content (AvgIpc) is 2.66. The van der Waals surface area contributed by atoms with Gasteiger partial charge in [0.25, 0.3) is 0 Å². The van der Waals surface area contributed by atoms with Crippen LogP contribution in [0.3, 0.4) is 0 Å². The van der Waals surface area contributed by atoms with E-state index < -0.39 is 0 Å². The molecule has 0 aromatic carbocycles. The molecule has 0 unspecified atom stereocenters. The zero-order chi connectivity index (χ0) is 14.7. The largest absolute Gasteiger partial charge is 0.349 e. The lowest BCUT2D eigenvalue weighted by Crippen LogP contribution is -2.28. The topological polar surface area (TPSA) is 72.7 Å². The molecular formula is C14H19N5O. The minimum absolute atomic E-state index is 0.0852. The summed E-state index contributed by atoms with van der Waals surface area (Å²) in [6, 6.07) is 0. The van der Waals surface area contributed by atoms with Crippen LogP contribution in [0.15, 0.2) is 12.4 Å². The Balaban J connectivity index is 1.92. The normalized spacial score (nSPS) is 10.6. The van der Waals surface area contributed by atoms with Crippen LogP contribution in [-0.2, 0) is 17.9 Å². The van der Waals surface area contributed by atoms with E-state index in [1.165, 1.54) is 0 Å². The molecule has 6 nitrogen and oxygen atoms in total. The number of nitrogens with one attached hydrogen (secondary N) is 1. The molecule has 6 heteroatoms. The summed E-state index contributed by atoms with van der Waals surface area (Å²) in [7, 11) is 0. The molecule has 2 rings (SSSR count). The highest BCUT2D eigenvalue weighted by Crippen LogP contribution is 2.10. The van der Waals surface area contributed by atoms with Crippen LogP contribution in [0.2, 0.25) is 0 Å². The fraction of sp³-hybridized carbons (Fsp3) is 0.429. The fourth-order valence-corrected chi connectivity index (χ4v) is 1.83. The lowest BCUT2D eigenvalue weighted by molar-refractivity contribution is -0.122. The van der Waals surface area contributed by atoms with Crippen molar-refractivity contribution in [1.29, 1.82) is 0 Å². The Labute approximate surface area is 118 Å². The van der Waals surface area contributed by atoms with Crippen molar-refractivity contribution in [2.75, 3.05) is 0 Å². The molecule has 106 valence electrons. The maximum atomic E-state index is 11.9. The fourth-order valence-electron chi connectivity index (χ4n) is 1.83. The Bertz CT molecular complexity index is 615. The van der Waals surface area contributed by atoms with E-state index in [9.17, 15) is 4.79 Å². The molecule has 1 amide bonds. The van der Waals surface area contributed by atoms with Crippen molar-refractivity contribution in [3.63, 3.8) is 0 Å². The number of nitrogens with zero attached hydrogens (tertiary/aromatic N) is 4. The van der Waals surface area contributed by atoms with Gasteiger partial charge in [-0.1, -0.05) is 0 Å². The Morgan fingerprint density at radius 1 is 1.20 bits per heavy atom. The van der Waals surface area contributed by atoms with Crippen molar-refractivity contribution >= 4 is 5.91 Å². The maximum absolute atomic E-state index is 11.9. The molecule has 2 aromatic rings. The quantitative estimate of drug-likeness (QED) is 0.909. The molecule has 0 saturated heterocycles. The second-order valence-electron chi connectivity index (χ2n) is 4.88. The molecule has 0 saturated carbocycles. The SMILES string of the molecule is Cc1cnc(CNC(=O)Cn2nc(C)c(C)c2C)cn1. The summed E-state index contributed by atoms with van der Waals surface area (Å²) in [4.78, 5) is 20.2. The summed E-state index contributed by atoms with van der Waals surface area (Å²) in [6.07, 6.45) is 3.36. The smallest absolute Gasteiger partial charge is 0.242 e. The first kappa shape index (κ1) is 14.2. The summed E-state index contributed by atoms with van der Waals surface area (Å²) in [5.41, 5.74) is 4.71. The lowest BCUT2D eigenvalue weighted by Gasteiger charge is -2.06. The first-order valence-corrected chi connectivity index (χ1v) is 6.52. The van der Waals surface area contributed by atoms with E-state index in [-0.39, 0.29) is 12.5 Å². The Hall–Kier alpha value is -2.24. The number of aromatic nitrogens is 4. The third kappa shape index (κ3) is 3.20. The van der Waals surface area contributed by atoms with E-state index in [1.807, 2.05) is 27.7 Å². The first-order chi connectivity index (χ1) is 9.47. The van der Waals surface area contributed by atoms with Gasteiger partial charge < -0.3 is 5.32 Å². The van der Waals surface area contributed by atoms with E-state index in [1.54, 1.807) is 17.1 Å². The highest BCUT2D eigenvalue weighted by atomic mass is 16.2. The van der Waals surface area contributed by atoms with Crippen molar-refractivity contribution in [3.8, 4) is 0 Å². The van der Waals surface area contributed by atoms with Crippen molar-refractivity contribution < 1.29 is 4.79 Å². The zero-order valence-electron chi connectivity index (χ0n) is 12.3. The number of carbonyl (C=O) groups excluding carboxylic acids is 1. The second-order valence-corrected chi connectivity index (χ2v) is 4.88. The van der Waals surface area contributed by atoms with E-state index in [0.29, 0.717) is 6.54 Å². The molecule has 1 N–H and O–H groups in total. The number of rotatable bonds is 4. The highest BCUT2D eigenvalue weighted by Gasteiger charge is 2.10. The van der Waals surface area contributed by atoms with Crippen LogP contribution in [0.4, 0.5) is 0 Å². The molecule has 0 bridgehead atoms. The summed E-state index contributed by atoms with van der Waals surface area (Å²) in [6.45, 7) is 8.39. The van der Waals surface area contributed by atoms with Crippen molar-refractivity contribution in [2.24, 2.45) is 0 Å². The third-order valence-corrected chi connectivity index (χ3v) is 3.34. The molecule has 0 aliphatic rings. The van der Waals surface area contributed by atoms with Gasteiger partial charge in [0.2, 0.25) is 5.91 Å². The predicted molar refractivity (Wildman–Crippen MR) is 75.1 cm³/mol. The van der Waals surface area contributed by atoms with Gasteiger partial charge in [0, 0.05) is 11.9 Å². The van der Waals surface area contributed by atoms with Gasteiger partial charge in [-0.3, -0.25) is 19.4 Å². The summed E-state index contributed by atoms with van der Waals surface area (Å²) in [5, 5.41) is 7.16. The maximum Gasteiger partial charge on any atom is 0.242 e. The molecule has 0 aliphatic carbocycles. The van der Waals surface area contributed by atoms with Crippen LogP contribution in [0.5, 0.6) is 0 Å². The standard InChI is InChI=1S/C14H19N5O/c1-9-5-16-13(6-15-9)7-17-14(20)8-19-12(4)10(2)11(3)18-19/h5-6H,7-8H2,1-4H3,(H,17,20). The summed E-state index contributed by atoms with van der Waals surface area (Å²) < 4.78 is 1.72. The molecule has 0 atom stereocenters. The van der Waals surface area contributed by atoms with Gasteiger partial charge in [-0.25, -0.2) is 0 Å². The molecule has 0 spiro atoms. The first-order valence-electron chi connectivity index (χ1n) is 6.52. The zero-order valence-corrected chi connectivity index (χ0v) is 12.3. The second kappa shape index (κ2) is 5.81. The van der Waals surface area contributed by atoms with Crippen molar-refractivity contribution in [2.45, 2.75) is 40.8 Å². The van der Waals surface area contributed by atoms with E-state index in [2.05, 4.69) is 20.4 Å². The molecular weight excluding hydrogens is 254 g/mol. The minimum atomic E-state index is -0.0852. The highest BCUT2D eigenvalue weighted by molar-refractivity contribution is 5.75. The molecule has 0 aliphatic heterocycles. The van der Waals surface area contributed by atoms with Gasteiger partial charge in [0.1, 0.15) is 6.54 Å². The molecule has 2 heterocycles. The van der Waals surface area contributed by atoms with Gasteiger partial charge in [0.15, 0.2) is 0 Å². The Morgan fingerprint density at radius 3 is 2.50 bits per heavy atom. The number of hydrogen-bond acceptors (Lipinski definition) is 4. The summed E-state index contributed by atoms with van der Waals surface area (Å²) in [5.74, 6) is -0.0852. The summed E-state index contributed by atoms with van der Waals surface area (Å²) >= 11 is 0. The van der Waals surface area contributed by atoms with Gasteiger partial charge >= 0.3 is 0 Å². The third-order valence-electron chi connectivity index (χ3n) is 3.34. The molecule has 0 radical (unpaired) electrons. The van der Waals surface area contributed by atoms with Gasteiger partial charge in [-0.2, -0.15) is 5.10 Å². The van der Waals surface area contributed by atoms with Gasteiger partial charge in [-0.15, -0.1) is 0 Å².